The minimum Gasteiger partial charge on any atom is -0.508 e. The Balaban J connectivity index is 2.35. The first-order chi connectivity index (χ1) is 10.5. The number of carbonyl (C=O) groups is 1. The Hall–Kier alpha value is -1.51. The molecule has 2 aliphatic rings. The maximum Gasteiger partial charge on any atom is 0.303 e. The fraction of sp³-hybridized carbons (Fsp3) is 0.632. The van der Waals surface area contributed by atoms with Crippen LogP contribution >= 0.6 is 0 Å². The second-order valence-corrected chi connectivity index (χ2v) is 6.76. The van der Waals surface area contributed by atoms with Gasteiger partial charge in [0.1, 0.15) is 5.76 Å². The van der Waals surface area contributed by atoms with Gasteiger partial charge in [0.05, 0.1) is 0 Å². The van der Waals surface area contributed by atoms with Crippen molar-refractivity contribution in [2.24, 2.45) is 17.3 Å². The predicted molar refractivity (Wildman–Crippen MR) is 88.7 cm³/mol. The summed E-state index contributed by atoms with van der Waals surface area (Å²) in [6.45, 7) is 5.64. The van der Waals surface area contributed by atoms with E-state index in [4.69, 9.17) is 5.11 Å². The van der Waals surface area contributed by atoms with Crippen molar-refractivity contribution in [1.29, 1.82) is 0 Å². The Bertz CT molecular complexity index is 477. The molecule has 2 N–H and O–H groups in total. The largest absolute Gasteiger partial charge is 0.508 e. The van der Waals surface area contributed by atoms with Crippen molar-refractivity contribution in [3.8, 4) is 0 Å². The summed E-state index contributed by atoms with van der Waals surface area (Å²) in [6, 6.07) is 0. The second kappa shape index (κ2) is 7.17. The van der Waals surface area contributed by atoms with E-state index in [1.54, 1.807) is 0 Å². The molecule has 0 amide bonds. The van der Waals surface area contributed by atoms with Gasteiger partial charge in [-0.2, -0.15) is 0 Å². The molecule has 2 bridgehead atoms. The number of hydrogen-bond acceptors (Lipinski definition) is 2. The van der Waals surface area contributed by atoms with Crippen LogP contribution in [-0.4, -0.2) is 16.2 Å². The van der Waals surface area contributed by atoms with Gasteiger partial charge in [0, 0.05) is 6.42 Å². The van der Waals surface area contributed by atoms with Crippen LogP contribution in [0.2, 0.25) is 0 Å². The highest BCUT2D eigenvalue weighted by Gasteiger charge is 2.48. The third-order valence-corrected chi connectivity index (χ3v) is 5.74. The maximum absolute atomic E-state index is 11.0. The van der Waals surface area contributed by atoms with Gasteiger partial charge in [-0.25, -0.2) is 0 Å². The van der Waals surface area contributed by atoms with E-state index in [0.717, 1.165) is 19.3 Å². The summed E-state index contributed by atoms with van der Waals surface area (Å²) in [7, 11) is 0. The standard InChI is InChI=1S/C19H28O3/c1-3-15(13-16(20)4-2)19-11-5-7-14(8-6-12-19)17(19)9-10-18(21)22/h3-4,13-14,17,20H,2,5-12H2,1H3,(H,21,22)/b15-3+,16-13+/t14-,17?,19+. The molecule has 3 nitrogen and oxygen atoms in total. The highest BCUT2D eigenvalue weighted by molar-refractivity contribution is 5.66. The lowest BCUT2D eigenvalue weighted by atomic mass is 9.51. The SMILES string of the molecule is C=C/C(O)=C\C(=C/C)[C@]12CCC[C@H](CCC1)C2CCC(=O)O. The van der Waals surface area contributed by atoms with Crippen LogP contribution in [0.3, 0.4) is 0 Å². The number of aliphatic hydroxyl groups excluding tert-OH is 1. The minimum atomic E-state index is -0.703. The van der Waals surface area contributed by atoms with E-state index >= 15 is 0 Å². The molecule has 0 saturated heterocycles. The molecule has 122 valence electrons. The number of aliphatic hydroxyl groups is 1. The first-order valence-corrected chi connectivity index (χ1v) is 8.45. The number of carboxylic acid groups (broad SMARTS) is 1. The lowest BCUT2D eigenvalue weighted by molar-refractivity contribution is -0.138. The van der Waals surface area contributed by atoms with Gasteiger partial charge >= 0.3 is 5.97 Å². The molecule has 0 aliphatic heterocycles. The van der Waals surface area contributed by atoms with Gasteiger partial charge in [0.15, 0.2) is 0 Å². The summed E-state index contributed by atoms with van der Waals surface area (Å²) in [6.07, 6.45) is 13.5. The zero-order valence-electron chi connectivity index (χ0n) is 13.6. The van der Waals surface area contributed by atoms with E-state index < -0.39 is 5.97 Å². The molecule has 0 aromatic carbocycles. The molecule has 2 saturated carbocycles. The van der Waals surface area contributed by atoms with E-state index in [9.17, 15) is 9.90 Å². The Labute approximate surface area is 133 Å². The van der Waals surface area contributed by atoms with Crippen LogP contribution in [0.1, 0.15) is 58.3 Å². The van der Waals surface area contributed by atoms with Gasteiger partial charge in [-0.1, -0.05) is 38.3 Å². The van der Waals surface area contributed by atoms with Crippen LogP contribution in [0.4, 0.5) is 0 Å². The molecule has 2 fully saturated rings. The van der Waals surface area contributed by atoms with Crippen LogP contribution in [0, 0.1) is 17.3 Å². The summed E-state index contributed by atoms with van der Waals surface area (Å²) in [5.41, 5.74) is 1.22. The van der Waals surface area contributed by atoms with Gasteiger partial charge in [-0.3, -0.25) is 4.79 Å². The molecule has 2 aliphatic carbocycles. The molecule has 1 unspecified atom stereocenters. The van der Waals surface area contributed by atoms with Crippen LogP contribution in [0.25, 0.3) is 0 Å². The molecule has 3 heteroatoms. The first-order valence-electron chi connectivity index (χ1n) is 8.45. The molecule has 0 radical (unpaired) electrons. The smallest absolute Gasteiger partial charge is 0.303 e. The molecular weight excluding hydrogens is 276 g/mol. The summed E-state index contributed by atoms with van der Waals surface area (Å²) < 4.78 is 0. The number of fused-ring (bicyclic) bond motifs is 2. The van der Waals surface area contributed by atoms with Gasteiger partial charge in [0.2, 0.25) is 0 Å². The van der Waals surface area contributed by atoms with Crippen LogP contribution in [0.15, 0.2) is 36.1 Å². The van der Waals surface area contributed by atoms with E-state index in [0.29, 0.717) is 11.8 Å². The van der Waals surface area contributed by atoms with E-state index in [-0.39, 0.29) is 17.6 Å². The predicted octanol–water partition coefficient (Wildman–Crippen LogP) is 5.01. The number of carboxylic acids is 1. The quantitative estimate of drug-likeness (QED) is 0.535. The molecule has 0 heterocycles. The summed E-state index contributed by atoms with van der Waals surface area (Å²) in [5.74, 6) is 0.555. The number of allylic oxidation sites excluding steroid dienone is 4. The van der Waals surface area contributed by atoms with Crippen molar-refractivity contribution in [3.05, 3.63) is 36.1 Å². The monoisotopic (exact) mass is 304 g/mol. The van der Waals surface area contributed by atoms with Crippen LogP contribution in [-0.2, 0) is 4.79 Å². The zero-order valence-corrected chi connectivity index (χ0v) is 13.6. The lowest BCUT2D eigenvalue weighted by Gasteiger charge is -2.53. The van der Waals surface area contributed by atoms with Gasteiger partial charge in [-0.15, -0.1) is 0 Å². The fourth-order valence-corrected chi connectivity index (χ4v) is 4.88. The summed E-state index contributed by atoms with van der Waals surface area (Å²) in [5, 5.41) is 19.0. The summed E-state index contributed by atoms with van der Waals surface area (Å²) >= 11 is 0. The molecule has 0 aromatic rings. The third kappa shape index (κ3) is 3.29. The Morgan fingerprint density at radius 1 is 1.27 bits per heavy atom. The lowest BCUT2D eigenvalue weighted by Crippen LogP contribution is -2.44. The van der Waals surface area contributed by atoms with E-state index in [2.05, 4.69) is 12.7 Å². The first kappa shape index (κ1) is 16.9. The van der Waals surface area contributed by atoms with Crippen molar-refractivity contribution in [2.75, 3.05) is 0 Å². The third-order valence-electron chi connectivity index (χ3n) is 5.74. The van der Waals surface area contributed by atoms with Crippen LogP contribution in [0.5, 0.6) is 0 Å². The van der Waals surface area contributed by atoms with Crippen molar-refractivity contribution in [3.63, 3.8) is 0 Å². The number of aliphatic carboxylic acids is 1. The Morgan fingerprint density at radius 3 is 2.41 bits per heavy atom. The Morgan fingerprint density at radius 2 is 1.91 bits per heavy atom. The van der Waals surface area contributed by atoms with Gasteiger partial charge in [-0.05, 0) is 61.2 Å². The van der Waals surface area contributed by atoms with E-state index in [1.165, 1.54) is 37.3 Å². The van der Waals surface area contributed by atoms with Crippen LogP contribution < -0.4 is 0 Å². The normalized spacial score (nSPS) is 32.6. The number of hydrogen-bond donors (Lipinski definition) is 2. The highest BCUT2D eigenvalue weighted by Crippen LogP contribution is 2.58. The average Bonchev–Trinajstić information content (AvgIpc) is 2.49. The molecule has 1 atom stereocenters. The summed E-state index contributed by atoms with van der Waals surface area (Å²) in [4.78, 5) is 11.0. The molecule has 2 rings (SSSR count). The van der Waals surface area contributed by atoms with Crippen molar-refractivity contribution < 1.29 is 15.0 Å². The van der Waals surface area contributed by atoms with Gasteiger partial charge in [0.25, 0.3) is 0 Å². The topological polar surface area (TPSA) is 57.5 Å². The van der Waals surface area contributed by atoms with E-state index in [1.807, 2.05) is 13.0 Å². The fourth-order valence-electron chi connectivity index (χ4n) is 4.88. The number of rotatable bonds is 6. The molecular formula is C19H28O3. The van der Waals surface area contributed by atoms with Crippen molar-refractivity contribution >= 4 is 5.97 Å². The maximum atomic E-state index is 11.0. The second-order valence-electron chi connectivity index (χ2n) is 6.76. The minimum absolute atomic E-state index is 0.0440. The van der Waals surface area contributed by atoms with Gasteiger partial charge < -0.3 is 10.2 Å². The Kier molecular flexibility index (Phi) is 5.49. The van der Waals surface area contributed by atoms with Crippen molar-refractivity contribution in [1.82, 2.24) is 0 Å². The zero-order chi connectivity index (χ0) is 16.2. The molecule has 0 aromatic heterocycles. The average molecular weight is 304 g/mol. The molecule has 22 heavy (non-hydrogen) atoms. The molecule has 0 spiro atoms. The highest BCUT2D eigenvalue weighted by atomic mass is 16.4. The van der Waals surface area contributed by atoms with Crippen molar-refractivity contribution in [2.45, 2.75) is 58.3 Å².